The van der Waals surface area contributed by atoms with Gasteiger partial charge in [0.2, 0.25) is 0 Å². The maximum Gasteiger partial charge on any atom is 0.252 e. The molecule has 6 heteroatoms. The summed E-state index contributed by atoms with van der Waals surface area (Å²) >= 11 is 0. The van der Waals surface area contributed by atoms with Crippen molar-refractivity contribution in [2.75, 3.05) is 0 Å². The van der Waals surface area contributed by atoms with Crippen LogP contribution < -0.4 is 10.9 Å². The number of aliphatic hydroxyl groups is 1. The number of benzene rings is 1. The van der Waals surface area contributed by atoms with Crippen LogP contribution in [0.5, 0.6) is 0 Å². The van der Waals surface area contributed by atoms with E-state index in [4.69, 9.17) is 0 Å². The van der Waals surface area contributed by atoms with Gasteiger partial charge in [-0.15, -0.1) is 0 Å². The van der Waals surface area contributed by atoms with Crippen LogP contribution in [0.1, 0.15) is 66.9 Å². The minimum absolute atomic E-state index is 0.155. The Bertz CT molecular complexity index is 1120. The van der Waals surface area contributed by atoms with Crippen LogP contribution in [0.25, 0.3) is 10.9 Å². The number of pyridine rings is 1. The molecule has 1 atom stereocenters. The van der Waals surface area contributed by atoms with Crippen LogP contribution >= 0.6 is 0 Å². The van der Waals surface area contributed by atoms with Gasteiger partial charge in [0.05, 0.1) is 11.6 Å². The lowest BCUT2D eigenvalue weighted by Gasteiger charge is -2.19. The number of hydrogen-bond acceptors (Lipinski definition) is 4. The highest BCUT2D eigenvalue weighted by Crippen LogP contribution is 2.30. The summed E-state index contributed by atoms with van der Waals surface area (Å²) in [5.74, 6) is 0. The summed E-state index contributed by atoms with van der Waals surface area (Å²) in [6, 6.07) is 10.0. The number of nitrogens with zero attached hydrogens (tertiary/aromatic N) is 2. The third-order valence-corrected chi connectivity index (χ3v) is 5.60. The zero-order chi connectivity index (χ0) is 21.1. The van der Waals surface area contributed by atoms with E-state index < -0.39 is 6.23 Å². The quantitative estimate of drug-likeness (QED) is 0.531. The molecule has 0 aliphatic rings. The molecule has 3 aromatic rings. The van der Waals surface area contributed by atoms with E-state index >= 15 is 0 Å². The molecular weight excluding hydrogens is 364 g/mol. The predicted molar refractivity (Wildman–Crippen MR) is 115 cm³/mol. The van der Waals surface area contributed by atoms with Crippen molar-refractivity contribution in [3.05, 3.63) is 68.8 Å². The Morgan fingerprint density at radius 3 is 2.59 bits per heavy atom. The Morgan fingerprint density at radius 1 is 1.24 bits per heavy atom. The highest BCUT2D eigenvalue weighted by atomic mass is 16.3. The highest BCUT2D eigenvalue weighted by molar-refractivity contribution is 5.85. The molecule has 0 spiro atoms. The molecule has 0 amide bonds. The van der Waals surface area contributed by atoms with Gasteiger partial charge in [-0.2, -0.15) is 5.26 Å². The lowest BCUT2D eigenvalue weighted by molar-refractivity contribution is 0.138. The van der Waals surface area contributed by atoms with E-state index in [9.17, 15) is 15.2 Å². The van der Waals surface area contributed by atoms with E-state index in [1.165, 1.54) is 0 Å². The first-order chi connectivity index (χ1) is 13.9. The fraction of sp³-hybridized carbons (Fsp3) is 0.391. The molecule has 152 valence electrons. The van der Waals surface area contributed by atoms with Crippen molar-refractivity contribution in [3.8, 4) is 6.07 Å². The maximum atomic E-state index is 12.2. The molecule has 0 radical (unpaired) electrons. The topological polar surface area (TPSA) is 93.8 Å². The van der Waals surface area contributed by atoms with E-state index in [1.807, 2.05) is 38.2 Å². The summed E-state index contributed by atoms with van der Waals surface area (Å²) in [5.41, 5.74) is 4.21. The Hall–Kier alpha value is -2.88. The Morgan fingerprint density at radius 2 is 1.97 bits per heavy atom. The summed E-state index contributed by atoms with van der Waals surface area (Å²) in [5, 5.41) is 24.3. The zero-order valence-electron chi connectivity index (χ0n) is 17.4. The summed E-state index contributed by atoms with van der Waals surface area (Å²) < 4.78 is 2.18. The Kier molecular flexibility index (Phi) is 6.21. The monoisotopic (exact) mass is 392 g/mol. The van der Waals surface area contributed by atoms with E-state index in [0.29, 0.717) is 22.7 Å². The SMILES string of the molecule is CCC(CC)n1ccc2c(C(O)NCc3c(C)cc(C)[nH]c3=O)cc(C#N)cc21. The fourth-order valence-electron chi connectivity index (χ4n) is 3.99. The Labute approximate surface area is 170 Å². The van der Waals surface area contributed by atoms with Crippen molar-refractivity contribution in [1.29, 1.82) is 5.26 Å². The van der Waals surface area contributed by atoms with Crippen LogP contribution in [0.3, 0.4) is 0 Å². The molecular formula is C23H28N4O2. The third kappa shape index (κ3) is 4.12. The van der Waals surface area contributed by atoms with Crippen LogP contribution in [0.2, 0.25) is 0 Å². The van der Waals surface area contributed by atoms with Crippen molar-refractivity contribution in [3.63, 3.8) is 0 Å². The van der Waals surface area contributed by atoms with E-state index in [1.54, 1.807) is 6.07 Å². The summed E-state index contributed by atoms with van der Waals surface area (Å²) in [4.78, 5) is 15.0. The van der Waals surface area contributed by atoms with E-state index in [-0.39, 0.29) is 12.1 Å². The van der Waals surface area contributed by atoms with Gasteiger partial charge in [-0.25, -0.2) is 0 Å². The van der Waals surface area contributed by atoms with Gasteiger partial charge in [-0.05, 0) is 56.5 Å². The average molecular weight is 393 g/mol. The van der Waals surface area contributed by atoms with Gasteiger partial charge in [0, 0.05) is 46.5 Å². The van der Waals surface area contributed by atoms with Crippen LogP contribution in [-0.4, -0.2) is 14.7 Å². The average Bonchev–Trinajstić information content (AvgIpc) is 3.11. The van der Waals surface area contributed by atoms with E-state index in [2.05, 4.69) is 34.8 Å². The van der Waals surface area contributed by atoms with Gasteiger partial charge in [0.1, 0.15) is 6.23 Å². The van der Waals surface area contributed by atoms with Gasteiger partial charge >= 0.3 is 0 Å². The third-order valence-electron chi connectivity index (χ3n) is 5.60. The summed E-state index contributed by atoms with van der Waals surface area (Å²) in [6.45, 7) is 8.25. The molecule has 3 rings (SSSR count). The second-order valence-electron chi connectivity index (χ2n) is 7.53. The van der Waals surface area contributed by atoms with Gasteiger partial charge < -0.3 is 14.7 Å². The van der Waals surface area contributed by atoms with Crippen molar-refractivity contribution in [2.45, 2.75) is 59.4 Å². The first-order valence-corrected chi connectivity index (χ1v) is 10.0. The second-order valence-corrected chi connectivity index (χ2v) is 7.53. The van der Waals surface area contributed by atoms with Crippen molar-refractivity contribution in [2.24, 2.45) is 0 Å². The maximum absolute atomic E-state index is 12.2. The Balaban J connectivity index is 1.97. The molecule has 3 N–H and O–H groups in total. The molecule has 0 saturated carbocycles. The number of aromatic amines is 1. The van der Waals surface area contributed by atoms with Gasteiger partial charge in [0.25, 0.3) is 5.56 Å². The molecule has 0 bridgehead atoms. The summed E-state index contributed by atoms with van der Waals surface area (Å²) in [7, 11) is 0. The second kappa shape index (κ2) is 8.64. The molecule has 1 aromatic carbocycles. The number of hydrogen-bond donors (Lipinski definition) is 3. The summed E-state index contributed by atoms with van der Waals surface area (Å²) in [6.07, 6.45) is 3.00. The fourth-order valence-corrected chi connectivity index (χ4v) is 3.99. The lowest BCUT2D eigenvalue weighted by atomic mass is 10.0. The van der Waals surface area contributed by atoms with Crippen LogP contribution in [-0.2, 0) is 6.54 Å². The molecule has 0 aliphatic carbocycles. The molecule has 0 aliphatic heterocycles. The molecule has 0 saturated heterocycles. The first kappa shape index (κ1) is 20.8. The molecule has 1 unspecified atom stereocenters. The molecule has 2 aromatic heterocycles. The standard InChI is InChI=1S/C23H28N4O2/c1-5-17(6-2)27-8-7-18-19(10-16(12-24)11-21(18)27)22(28)25-13-20-14(3)9-15(4)26-23(20)29/h7-11,17,22,25,28H,5-6,13H2,1-4H3,(H,26,29). The van der Waals surface area contributed by atoms with Gasteiger partial charge in [-0.1, -0.05) is 13.8 Å². The van der Waals surface area contributed by atoms with Crippen LogP contribution in [0.15, 0.2) is 35.3 Å². The number of aliphatic hydroxyl groups excluding tert-OH is 1. The number of fused-ring (bicyclic) bond motifs is 1. The molecule has 29 heavy (non-hydrogen) atoms. The van der Waals surface area contributed by atoms with Crippen molar-refractivity contribution < 1.29 is 5.11 Å². The van der Waals surface area contributed by atoms with Gasteiger partial charge in [-0.3, -0.25) is 10.1 Å². The number of rotatable bonds is 7. The number of aryl methyl sites for hydroxylation is 2. The van der Waals surface area contributed by atoms with Crippen LogP contribution in [0.4, 0.5) is 0 Å². The smallest absolute Gasteiger partial charge is 0.252 e. The molecule has 2 heterocycles. The number of H-pyrrole nitrogens is 1. The highest BCUT2D eigenvalue weighted by Gasteiger charge is 2.18. The van der Waals surface area contributed by atoms with Crippen LogP contribution in [0, 0.1) is 25.2 Å². The van der Waals surface area contributed by atoms with Crippen molar-refractivity contribution >= 4 is 10.9 Å². The normalized spacial score (nSPS) is 12.4. The molecule has 6 nitrogen and oxygen atoms in total. The minimum Gasteiger partial charge on any atom is -0.374 e. The zero-order valence-corrected chi connectivity index (χ0v) is 17.4. The van der Waals surface area contributed by atoms with E-state index in [0.717, 1.165) is 35.0 Å². The first-order valence-electron chi connectivity index (χ1n) is 10.0. The number of aromatic nitrogens is 2. The number of nitriles is 1. The predicted octanol–water partition coefficient (Wildman–Crippen LogP) is 3.96. The number of nitrogens with one attached hydrogen (secondary N) is 2. The molecule has 0 fully saturated rings. The van der Waals surface area contributed by atoms with Gasteiger partial charge in [0.15, 0.2) is 0 Å². The van der Waals surface area contributed by atoms with Crippen molar-refractivity contribution in [1.82, 2.24) is 14.9 Å². The largest absolute Gasteiger partial charge is 0.374 e. The lowest BCUT2D eigenvalue weighted by Crippen LogP contribution is -2.26. The minimum atomic E-state index is -0.997.